The van der Waals surface area contributed by atoms with Gasteiger partial charge < -0.3 is 14.8 Å². The number of ether oxygens (including phenoxy) is 2. The number of nitrogens with zero attached hydrogens (tertiary/aromatic N) is 2. The van der Waals surface area contributed by atoms with Crippen LogP contribution >= 0.6 is 15.9 Å². The van der Waals surface area contributed by atoms with Crippen molar-refractivity contribution in [2.45, 2.75) is 46.0 Å². The van der Waals surface area contributed by atoms with Gasteiger partial charge in [-0.1, -0.05) is 39.7 Å². The number of rotatable bonds is 9. The molecule has 1 heterocycles. The Morgan fingerprint density at radius 1 is 1.19 bits per heavy atom. The first-order valence-electron chi connectivity index (χ1n) is 9.08. The molecule has 5 nitrogen and oxygen atoms in total. The second-order valence-corrected chi connectivity index (χ2v) is 7.19. The second-order valence-electron chi connectivity index (χ2n) is 6.44. The number of benzene rings is 1. The Kier molecular flexibility index (Phi) is 7.69. The Morgan fingerprint density at radius 3 is 2.58 bits per heavy atom. The Bertz CT molecular complexity index is 735. The van der Waals surface area contributed by atoms with E-state index in [9.17, 15) is 0 Å². The maximum atomic E-state index is 5.81. The number of hydrogen-bond acceptors (Lipinski definition) is 5. The summed E-state index contributed by atoms with van der Waals surface area (Å²) in [6.07, 6.45) is 3.30. The summed E-state index contributed by atoms with van der Waals surface area (Å²) in [7, 11) is 3.49. The molecule has 0 spiro atoms. The SMILES string of the molecule is CCCCCOc1nc(Br)c(-c2ccc(C(C)C)cc2OC)nc1NC. The average molecular weight is 422 g/mol. The molecule has 0 radical (unpaired) electrons. The third-order valence-electron chi connectivity index (χ3n) is 4.19. The number of aromatic nitrogens is 2. The van der Waals surface area contributed by atoms with Crippen molar-refractivity contribution in [2.75, 3.05) is 26.1 Å². The monoisotopic (exact) mass is 421 g/mol. The van der Waals surface area contributed by atoms with Crippen LogP contribution in [0.25, 0.3) is 11.3 Å². The predicted octanol–water partition coefficient (Wildman–Crippen LogP) is 5.65. The van der Waals surface area contributed by atoms with Crippen molar-refractivity contribution in [1.29, 1.82) is 0 Å². The Morgan fingerprint density at radius 2 is 1.96 bits per heavy atom. The van der Waals surface area contributed by atoms with Crippen LogP contribution in [0.5, 0.6) is 11.6 Å². The first kappa shape index (κ1) is 20.5. The quantitative estimate of drug-likeness (QED) is 0.530. The maximum absolute atomic E-state index is 5.81. The minimum Gasteiger partial charge on any atom is -0.496 e. The van der Waals surface area contributed by atoms with Gasteiger partial charge in [0.25, 0.3) is 5.88 Å². The standard InChI is InChI=1S/C20H28BrN3O2/c1-6-7-8-11-26-20-19(22-4)23-17(18(21)24-20)15-10-9-14(13(2)3)12-16(15)25-5/h9-10,12-13H,6-8,11H2,1-5H3,(H,22,23). The van der Waals surface area contributed by atoms with Crippen LogP contribution in [0.15, 0.2) is 22.8 Å². The maximum Gasteiger partial charge on any atom is 0.258 e. The van der Waals surface area contributed by atoms with Gasteiger partial charge in [0.05, 0.1) is 13.7 Å². The number of methoxy groups -OCH3 is 1. The van der Waals surface area contributed by atoms with Gasteiger partial charge >= 0.3 is 0 Å². The minimum atomic E-state index is 0.430. The molecule has 26 heavy (non-hydrogen) atoms. The molecular weight excluding hydrogens is 394 g/mol. The number of hydrogen-bond donors (Lipinski definition) is 1. The van der Waals surface area contributed by atoms with E-state index in [-0.39, 0.29) is 0 Å². The molecule has 0 atom stereocenters. The molecule has 0 bridgehead atoms. The van der Waals surface area contributed by atoms with Crippen molar-refractivity contribution < 1.29 is 9.47 Å². The zero-order valence-corrected chi connectivity index (χ0v) is 17.8. The van der Waals surface area contributed by atoms with Gasteiger partial charge in [0.15, 0.2) is 5.82 Å². The summed E-state index contributed by atoms with van der Waals surface area (Å²) in [6.45, 7) is 7.12. The molecule has 1 aromatic carbocycles. The molecule has 1 aromatic heterocycles. The topological polar surface area (TPSA) is 56.3 Å². The van der Waals surface area contributed by atoms with Gasteiger partial charge in [0, 0.05) is 12.6 Å². The van der Waals surface area contributed by atoms with Crippen molar-refractivity contribution in [3.8, 4) is 22.9 Å². The van der Waals surface area contributed by atoms with Crippen LogP contribution in [0.4, 0.5) is 5.82 Å². The summed E-state index contributed by atoms with van der Waals surface area (Å²) in [6, 6.07) is 6.19. The summed E-state index contributed by atoms with van der Waals surface area (Å²) in [5.41, 5.74) is 2.84. The predicted molar refractivity (Wildman–Crippen MR) is 110 cm³/mol. The lowest BCUT2D eigenvalue weighted by Gasteiger charge is -2.15. The Balaban J connectivity index is 2.38. The average Bonchev–Trinajstić information content (AvgIpc) is 2.65. The largest absolute Gasteiger partial charge is 0.496 e. The lowest BCUT2D eigenvalue weighted by atomic mass is 10.00. The van der Waals surface area contributed by atoms with Gasteiger partial charge in [0.2, 0.25) is 0 Å². The fourth-order valence-electron chi connectivity index (χ4n) is 2.62. The summed E-state index contributed by atoms with van der Waals surface area (Å²) >= 11 is 3.54. The van der Waals surface area contributed by atoms with Gasteiger partial charge in [-0.3, -0.25) is 0 Å². The molecular formula is C20H28BrN3O2. The molecule has 0 aliphatic heterocycles. The highest BCUT2D eigenvalue weighted by atomic mass is 79.9. The van der Waals surface area contributed by atoms with Crippen LogP contribution < -0.4 is 14.8 Å². The van der Waals surface area contributed by atoms with Crippen LogP contribution in [0.3, 0.4) is 0 Å². The van der Waals surface area contributed by atoms with Crippen LogP contribution in [0, 0.1) is 0 Å². The van der Waals surface area contributed by atoms with E-state index >= 15 is 0 Å². The fourth-order valence-corrected chi connectivity index (χ4v) is 3.08. The minimum absolute atomic E-state index is 0.430. The van der Waals surface area contributed by atoms with E-state index in [2.05, 4.69) is 59.1 Å². The summed E-state index contributed by atoms with van der Waals surface area (Å²) in [5, 5.41) is 3.08. The van der Waals surface area contributed by atoms with Crippen molar-refractivity contribution in [3.05, 3.63) is 28.4 Å². The molecule has 6 heteroatoms. The molecule has 0 saturated heterocycles. The Labute approximate surface area is 164 Å². The lowest BCUT2D eigenvalue weighted by molar-refractivity contribution is 0.295. The van der Waals surface area contributed by atoms with E-state index in [1.165, 1.54) is 5.56 Å². The Hall–Kier alpha value is -1.82. The molecule has 0 aliphatic rings. The van der Waals surface area contributed by atoms with E-state index in [4.69, 9.17) is 14.5 Å². The highest BCUT2D eigenvalue weighted by molar-refractivity contribution is 9.10. The number of unbranched alkanes of at least 4 members (excludes halogenated alkanes) is 2. The molecule has 0 unspecified atom stereocenters. The number of anilines is 1. The summed E-state index contributed by atoms with van der Waals surface area (Å²) in [5.74, 6) is 2.34. The third kappa shape index (κ3) is 4.87. The first-order valence-corrected chi connectivity index (χ1v) is 9.87. The van der Waals surface area contributed by atoms with Crippen LogP contribution in [-0.4, -0.2) is 30.7 Å². The first-order chi connectivity index (χ1) is 12.5. The van der Waals surface area contributed by atoms with E-state index in [1.807, 2.05) is 13.1 Å². The molecule has 1 N–H and O–H groups in total. The molecule has 2 aromatic rings. The van der Waals surface area contributed by atoms with Gasteiger partial charge in [-0.05, 0) is 46.0 Å². The molecule has 0 saturated carbocycles. The molecule has 0 fully saturated rings. The van der Waals surface area contributed by atoms with E-state index in [0.29, 0.717) is 28.8 Å². The van der Waals surface area contributed by atoms with Gasteiger partial charge in [-0.2, -0.15) is 0 Å². The van der Waals surface area contributed by atoms with E-state index in [1.54, 1.807) is 7.11 Å². The van der Waals surface area contributed by atoms with E-state index in [0.717, 1.165) is 36.3 Å². The number of halogens is 1. The molecule has 2 rings (SSSR count). The second kappa shape index (κ2) is 9.76. The molecule has 142 valence electrons. The third-order valence-corrected chi connectivity index (χ3v) is 4.75. The van der Waals surface area contributed by atoms with E-state index < -0.39 is 0 Å². The molecule has 0 aliphatic carbocycles. The van der Waals surface area contributed by atoms with Crippen LogP contribution in [0.2, 0.25) is 0 Å². The van der Waals surface area contributed by atoms with Crippen LogP contribution in [-0.2, 0) is 0 Å². The highest BCUT2D eigenvalue weighted by Gasteiger charge is 2.18. The zero-order valence-electron chi connectivity index (χ0n) is 16.2. The molecule has 0 amide bonds. The van der Waals surface area contributed by atoms with Crippen molar-refractivity contribution in [3.63, 3.8) is 0 Å². The normalized spacial score (nSPS) is 10.9. The van der Waals surface area contributed by atoms with Gasteiger partial charge in [0.1, 0.15) is 16.0 Å². The van der Waals surface area contributed by atoms with Crippen molar-refractivity contribution in [1.82, 2.24) is 9.97 Å². The zero-order chi connectivity index (χ0) is 19.1. The highest BCUT2D eigenvalue weighted by Crippen LogP contribution is 2.37. The number of nitrogens with one attached hydrogen (secondary N) is 1. The smallest absolute Gasteiger partial charge is 0.258 e. The van der Waals surface area contributed by atoms with Crippen molar-refractivity contribution in [2.24, 2.45) is 0 Å². The van der Waals surface area contributed by atoms with Gasteiger partial charge in [-0.15, -0.1) is 0 Å². The summed E-state index contributed by atoms with van der Waals surface area (Å²) < 4.78 is 12.0. The lowest BCUT2D eigenvalue weighted by Crippen LogP contribution is -2.06. The van der Waals surface area contributed by atoms with Crippen LogP contribution in [0.1, 0.15) is 51.5 Å². The fraction of sp³-hybridized carbons (Fsp3) is 0.500. The van der Waals surface area contributed by atoms with Crippen molar-refractivity contribution >= 4 is 21.7 Å². The van der Waals surface area contributed by atoms with Gasteiger partial charge in [-0.25, -0.2) is 9.97 Å². The summed E-state index contributed by atoms with van der Waals surface area (Å²) in [4.78, 5) is 9.28.